The summed E-state index contributed by atoms with van der Waals surface area (Å²) in [5.41, 5.74) is 17.4. The molecule has 4 bridgehead atoms. The van der Waals surface area contributed by atoms with Gasteiger partial charge in [0.05, 0.1) is 0 Å². The van der Waals surface area contributed by atoms with Crippen molar-refractivity contribution in [2.24, 2.45) is 40.9 Å². The van der Waals surface area contributed by atoms with E-state index >= 15 is 0 Å². The van der Waals surface area contributed by atoms with Gasteiger partial charge in [-0.25, -0.2) is 6.08 Å². The number of benzene rings is 4. The predicted molar refractivity (Wildman–Crippen MR) is 228 cm³/mol. The van der Waals surface area contributed by atoms with Gasteiger partial charge in [-0.1, -0.05) is 131 Å². The average molecular weight is 861 g/mol. The fraction of sp³-hybridized carbons (Fsp3) is 0.472. The molecule has 0 aromatic heterocycles. The first kappa shape index (κ1) is 43.4. The summed E-state index contributed by atoms with van der Waals surface area (Å²) in [6, 6.07) is 22.2. The third-order valence-electron chi connectivity index (χ3n) is 15.5. The SMILES string of the molecule is CC1[C-]=CC(C23CC4CC(CC(C4)C2)C3)=C1.Cc1cc2c(c(C)c1C)C(C)c1c3c(c4ccccc4c1-2)C(C)C(C)C(C)[C-]3C.[Cl-].[Cl-].[Zr+2]=[CH]Cc1ccccc1. The van der Waals surface area contributed by atoms with Gasteiger partial charge < -0.3 is 24.8 Å². The van der Waals surface area contributed by atoms with Gasteiger partial charge in [0.25, 0.3) is 0 Å². The summed E-state index contributed by atoms with van der Waals surface area (Å²) in [7, 11) is 0. The minimum atomic E-state index is 0. The fourth-order valence-electron chi connectivity index (χ4n) is 12.5. The van der Waals surface area contributed by atoms with Crippen LogP contribution < -0.4 is 24.8 Å². The van der Waals surface area contributed by atoms with E-state index in [1.165, 1.54) is 87.7 Å². The second-order valence-electron chi connectivity index (χ2n) is 18.7. The van der Waals surface area contributed by atoms with Gasteiger partial charge in [-0.15, -0.1) is 11.1 Å². The third-order valence-corrected chi connectivity index (χ3v) is 16.0. The van der Waals surface area contributed by atoms with Gasteiger partial charge in [-0.05, 0) is 96.9 Å². The van der Waals surface area contributed by atoms with E-state index in [1.807, 2.05) is 6.07 Å². The van der Waals surface area contributed by atoms with Crippen molar-refractivity contribution in [3.63, 3.8) is 0 Å². The van der Waals surface area contributed by atoms with Gasteiger partial charge in [0.1, 0.15) is 0 Å². The average Bonchev–Trinajstić information content (AvgIpc) is 3.73. The molecule has 4 aromatic carbocycles. The molecule has 0 saturated heterocycles. The van der Waals surface area contributed by atoms with Crippen LogP contribution in [-0.2, 0) is 30.7 Å². The molecule has 0 spiro atoms. The first-order chi connectivity index (χ1) is 25.9. The van der Waals surface area contributed by atoms with Crippen molar-refractivity contribution in [2.45, 2.75) is 119 Å². The Morgan fingerprint density at radius 1 is 0.768 bits per heavy atom. The molecule has 0 nitrogen and oxygen atoms in total. The Hall–Kier alpha value is -2.18. The van der Waals surface area contributed by atoms with E-state index < -0.39 is 0 Å². The minimum absolute atomic E-state index is 0. The first-order valence-corrected chi connectivity index (χ1v) is 22.7. The van der Waals surface area contributed by atoms with Gasteiger partial charge in [0.2, 0.25) is 0 Å². The van der Waals surface area contributed by atoms with Gasteiger partial charge >= 0.3 is 70.3 Å². The van der Waals surface area contributed by atoms with Crippen molar-refractivity contribution in [1.29, 1.82) is 0 Å². The summed E-state index contributed by atoms with van der Waals surface area (Å²) in [6.45, 7) is 21.4. The van der Waals surface area contributed by atoms with Crippen LogP contribution in [0.5, 0.6) is 0 Å². The van der Waals surface area contributed by atoms with Crippen LogP contribution in [0.1, 0.15) is 136 Å². The number of fused-ring (bicyclic) bond motifs is 8. The summed E-state index contributed by atoms with van der Waals surface area (Å²) < 4.78 is 2.25. The van der Waals surface area contributed by atoms with E-state index in [9.17, 15) is 0 Å². The molecule has 294 valence electrons. The molecule has 56 heavy (non-hydrogen) atoms. The van der Waals surface area contributed by atoms with Crippen LogP contribution in [0.4, 0.5) is 0 Å². The predicted octanol–water partition coefficient (Wildman–Crippen LogP) is 7.95. The topological polar surface area (TPSA) is 0 Å². The second-order valence-corrected chi connectivity index (χ2v) is 19.7. The summed E-state index contributed by atoms with van der Waals surface area (Å²) >= 11 is 1.51. The quantitative estimate of drug-likeness (QED) is 0.184. The van der Waals surface area contributed by atoms with E-state index in [0.717, 1.165) is 24.2 Å². The summed E-state index contributed by atoms with van der Waals surface area (Å²) in [5, 5.41) is 2.93. The van der Waals surface area contributed by atoms with Crippen LogP contribution in [0.3, 0.4) is 0 Å². The Labute approximate surface area is 367 Å². The number of hydrogen-bond acceptors (Lipinski definition) is 0. The fourth-order valence-corrected chi connectivity index (χ4v) is 13.1. The molecule has 0 aliphatic heterocycles. The number of aryl methyl sites for hydroxylation is 1. The molecule has 5 atom stereocenters. The zero-order chi connectivity index (χ0) is 38.1. The van der Waals surface area contributed by atoms with E-state index in [1.54, 1.807) is 53.0 Å². The molecule has 0 radical (unpaired) electrons. The molecule has 4 fully saturated rings. The van der Waals surface area contributed by atoms with Gasteiger partial charge in [0.15, 0.2) is 0 Å². The maximum absolute atomic E-state index is 3.48. The maximum atomic E-state index is 3.48. The molecule has 7 aliphatic rings. The third kappa shape index (κ3) is 7.47. The van der Waals surface area contributed by atoms with Crippen molar-refractivity contribution >= 4 is 14.5 Å². The molecular weight excluding hydrogens is 799 g/mol. The van der Waals surface area contributed by atoms with E-state index in [-0.39, 0.29) is 24.8 Å². The molecule has 3 heteroatoms. The Kier molecular flexibility index (Phi) is 13.3. The normalized spacial score (nSPS) is 29.8. The summed E-state index contributed by atoms with van der Waals surface area (Å²) in [4.78, 5) is 0. The number of hydrogen-bond donors (Lipinski definition) is 0. The molecule has 4 saturated carbocycles. The van der Waals surface area contributed by atoms with Crippen LogP contribution in [0.15, 0.2) is 78.4 Å². The van der Waals surface area contributed by atoms with E-state index in [4.69, 9.17) is 0 Å². The van der Waals surface area contributed by atoms with Gasteiger partial charge in [-0.2, -0.15) is 23.1 Å². The van der Waals surface area contributed by atoms with Crippen molar-refractivity contribution in [2.75, 3.05) is 0 Å². The van der Waals surface area contributed by atoms with Crippen LogP contribution in [0, 0.1) is 73.7 Å². The van der Waals surface area contributed by atoms with Crippen LogP contribution in [-0.4, -0.2) is 3.71 Å². The Morgan fingerprint density at radius 2 is 1.36 bits per heavy atom. The molecule has 5 unspecified atom stereocenters. The van der Waals surface area contributed by atoms with Crippen LogP contribution in [0.25, 0.3) is 21.9 Å². The molecule has 0 N–H and O–H groups in total. The Bertz CT molecular complexity index is 2100. The van der Waals surface area contributed by atoms with Crippen molar-refractivity contribution in [3.8, 4) is 11.1 Å². The zero-order valence-corrected chi connectivity index (χ0v) is 39.3. The molecular formula is C53H62Cl2Zr-2. The molecule has 7 aliphatic carbocycles. The monoisotopic (exact) mass is 858 g/mol. The summed E-state index contributed by atoms with van der Waals surface area (Å²) in [5.74, 6) is 7.71. The Morgan fingerprint density at radius 3 is 1.93 bits per heavy atom. The van der Waals surface area contributed by atoms with Crippen molar-refractivity contribution in [1.82, 2.24) is 0 Å². The van der Waals surface area contributed by atoms with Gasteiger partial charge in [-0.3, -0.25) is 6.08 Å². The number of allylic oxidation sites excluding steroid dienone is 4. The molecule has 11 rings (SSSR count). The van der Waals surface area contributed by atoms with E-state index in [2.05, 4.69) is 139 Å². The van der Waals surface area contributed by atoms with Crippen molar-refractivity contribution < 1.29 is 49.0 Å². The molecule has 0 amide bonds. The van der Waals surface area contributed by atoms with Crippen LogP contribution >= 0.6 is 0 Å². The number of halogens is 2. The van der Waals surface area contributed by atoms with E-state index in [0.29, 0.717) is 35.0 Å². The van der Waals surface area contributed by atoms with Crippen LogP contribution in [0.2, 0.25) is 0 Å². The second kappa shape index (κ2) is 17.2. The molecule has 0 heterocycles. The Balaban J connectivity index is 0.000000165. The zero-order valence-electron chi connectivity index (χ0n) is 35.3. The van der Waals surface area contributed by atoms with Crippen molar-refractivity contribution in [3.05, 3.63) is 135 Å². The molecule has 4 aromatic rings. The first-order valence-electron chi connectivity index (χ1n) is 21.3. The van der Waals surface area contributed by atoms with Gasteiger partial charge in [0, 0.05) is 0 Å². The standard InChI is InChI=1S/C29H33.C16H21.C8H8.2ClH.Zr/c1-14-13-24-25(18(5)15(14)2)21(8)28-27-20(7)17(4)16(3)19(6)26(27)22-11-9-10-12-23(22)29(24)28;1-11-2-3-15(4-11)16-8-12-5-13(9-16)7-14(6-12)10-16;1-2-8-6-4-3-5-7-8;;;/h9-13,16-17,19,21H,1-8H3;3-4,11-14H,5-10H2,1H3;1,3-7H,2H2;2*1H;/q2*-1;;;;+2/p-2. The summed E-state index contributed by atoms with van der Waals surface area (Å²) in [6.07, 6.45) is 18.6. The number of rotatable bonds is 3.